The highest BCUT2D eigenvalue weighted by molar-refractivity contribution is 5.97. The molecule has 0 saturated carbocycles. The lowest BCUT2D eigenvalue weighted by Crippen LogP contribution is -2.50. The quantitative estimate of drug-likeness (QED) is 0.724. The van der Waals surface area contributed by atoms with Crippen LogP contribution in [0.25, 0.3) is 0 Å². The number of rotatable bonds is 8. The van der Waals surface area contributed by atoms with E-state index in [1.807, 2.05) is 27.7 Å². The Morgan fingerprint density at radius 1 is 0.964 bits per heavy atom. The van der Waals surface area contributed by atoms with Gasteiger partial charge in [0.25, 0.3) is 5.91 Å². The van der Waals surface area contributed by atoms with Crippen molar-refractivity contribution in [3.63, 3.8) is 0 Å². The maximum Gasteiger partial charge on any atom is 0.251 e. The van der Waals surface area contributed by atoms with Gasteiger partial charge in [-0.15, -0.1) is 0 Å². The highest BCUT2D eigenvalue weighted by atomic mass is 19.1. The van der Waals surface area contributed by atoms with Crippen molar-refractivity contribution >= 4 is 11.8 Å². The third-order valence-electron chi connectivity index (χ3n) is 4.39. The van der Waals surface area contributed by atoms with Gasteiger partial charge in [-0.2, -0.15) is 0 Å². The lowest BCUT2D eigenvalue weighted by molar-refractivity contribution is -0.124. The van der Waals surface area contributed by atoms with Crippen LogP contribution < -0.4 is 15.4 Å². The molecule has 0 fully saturated rings. The SMILES string of the molecule is CCOc1ccc(C(=O)N[C@H](C(=O)N[C@H](C)c2ccc(F)cc2)C(C)C)cc1. The third kappa shape index (κ3) is 5.81. The molecule has 0 saturated heterocycles. The summed E-state index contributed by atoms with van der Waals surface area (Å²) in [5, 5.41) is 5.68. The zero-order valence-electron chi connectivity index (χ0n) is 16.7. The van der Waals surface area contributed by atoms with Gasteiger partial charge >= 0.3 is 0 Å². The molecule has 2 N–H and O–H groups in total. The molecule has 0 aliphatic rings. The second kappa shape index (κ2) is 9.88. The van der Waals surface area contributed by atoms with E-state index < -0.39 is 6.04 Å². The van der Waals surface area contributed by atoms with Gasteiger partial charge in [0.05, 0.1) is 12.6 Å². The molecule has 2 aromatic carbocycles. The largest absolute Gasteiger partial charge is 0.494 e. The van der Waals surface area contributed by atoms with Gasteiger partial charge in [-0.1, -0.05) is 26.0 Å². The molecule has 0 aliphatic heterocycles. The molecular weight excluding hydrogens is 359 g/mol. The number of halogens is 1. The molecular formula is C22H27FN2O3. The van der Waals surface area contributed by atoms with Crippen molar-refractivity contribution in [2.75, 3.05) is 6.61 Å². The Hall–Kier alpha value is -2.89. The Morgan fingerprint density at radius 2 is 1.57 bits per heavy atom. The van der Waals surface area contributed by atoms with Crippen LogP contribution in [0.1, 0.15) is 49.7 Å². The first kappa shape index (κ1) is 21.4. The molecule has 2 amide bonds. The second-order valence-electron chi connectivity index (χ2n) is 6.93. The first-order valence-corrected chi connectivity index (χ1v) is 9.41. The molecule has 0 heterocycles. The van der Waals surface area contributed by atoms with E-state index in [9.17, 15) is 14.0 Å². The average Bonchev–Trinajstić information content (AvgIpc) is 2.66. The van der Waals surface area contributed by atoms with E-state index in [2.05, 4.69) is 10.6 Å². The van der Waals surface area contributed by atoms with Crippen molar-refractivity contribution in [2.45, 2.75) is 39.8 Å². The third-order valence-corrected chi connectivity index (χ3v) is 4.39. The fraction of sp³-hybridized carbons (Fsp3) is 0.364. The molecule has 2 aromatic rings. The van der Waals surface area contributed by atoms with Crippen LogP contribution in [-0.2, 0) is 4.79 Å². The summed E-state index contributed by atoms with van der Waals surface area (Å²) in [4.78, 5) is 25.3. The lowest BCUT2D eigenvalue weighted by atomic mass is 10.0. The molecule has 0 radical (unpaired) electrons. The molecule has 5 nitrogen and oxygen atoms in total. The summed E-state index contributed by atoms with van der Waals surface area (Å²) in [6.07, 6.45) is 0. The van der Waals surface area contributed by atoms with Gasteiger partial charge in [0.2, 0.25) is 5.91 Å². The van der Waals surface area contributed by atoms with Crippen molar-refractivity contribution in [3.8, 4) is 5.75 Å². The summed E-state index contributed by atoms with van der Waals surface area (Å²) < 4.78 is 18.4. The molecule has 0 unspecified atom stereocenters. The van der Waals surface area contributed by atoms with Crippen molar-refractivity contribution in [2.24, 2.45) is 5.92 Å². The van der Waals surface area contributed by atoms with E-state index in [0.717, 1.165) is 5.56 Å². The minimum atomic E-state index is -0.693. The summed E-state index contributed by atoms with van der Waals surface area (Å²) in [5.41, 5.74) is 1.24. The Bertz CT molecular complexity index is 788. The van der Waals surface area contributed by atoms with Gasteiger partial charge < -0.3 is 15.4 Å². The van der Waals surface area contributed by atoms with E-state index in [1.165, 1.54) is 12.1 Å². The number of carbonyl (C=O) groups is 2. The first-order valence-electron chi connectivity index (χ1n) is 9.41. The molecule has 0 bridgehead atoms. The predicted molar refractivity (Wildman–Crippen MR) is 107 cm³/mol. The van der Waals surface area contributed by atoms with E-state index in [4.69, 9.17) is 4.74 Å². The number of amides is 2. The number of carbonyl (C=O) groups excluding carboxylic acids is 2. The summed E-state index contributed by atoms with van der Waals surface area (Å²) in [7, 11) is 0. The van der Waals surface area contributed by atoms with E-state index in [-0.39, 0.29) is 29.6 Å². The molecule has 150 valence electrons. The van der Waals surface area contributed by atoms with Gasteiger partial charge in [-0.3, -0.25) is 9.59 Å². The Kier molecular flexibility index (Phi) is 7.55. The van der Waals surface area contributed by atoms with Gasteiger partial charge in [-0.05, 0) is 61.7 Å². The molecule has 0 aromatic heterocycles. The smallest absolute Gasteiger partial charge is 0.251 e. The maximum absolute atomic E-state index is 13.1. The average molecular weight is 386 g/mol. The number of ether oxygens (including phenoxy) is 1. The molecule has 6 heteroatoms. The van der Waals surface area contributed by atoms with Gasteiger partial charge in [0.15, 0.2) is 0 Å². The van der Waals surface area contributed by atoms with Crippen molar-refractivity contribution in [1.29, 1.82) is 0 Å². The highest BCUT2D eigenvalue weighted by Gasteiger charge is 2.26. The maximum atomic E-state index is 13.1. The normalized spacial score (nSPS) is 12.9. The summed E-state index contributed by atoms with van der Waals surface area (Å²) in [6.45, 7) is 7.99. The molecule has 28 heavy (non-hydrogen) atoms. The second-order valence-corrected chi connectivity index (χ2v) is 6.93. The van der Waals surface area contributed by atoms with Crippen LogP contribution >= 0.6 is 0 Å². The standard InChI is InChI=1S/C22H27FN2O3/c1-5-28-19-12-8-17(9-13-19)21(26)25-20(14(2)3)22(27)24-15(4)16-6-10-18(23)11-7-16/h6-15,20H,5H2,1-4H3,(H,24,27)(H,25,26)/t15-,20+/m1/s1. The van der Waals surface area contributed by atoms with E-state index >= 15 is 0 Å². The van der Waals surface area contributed by atoms with Crippen LogP contribution in [0.4, 0.5) is 4.39 Å². The molecule has 2 rings (SSSR count). The van der Waals surface area contributed by atoms with Gasteiger partial charge in [-0.25, -0.2) is 4.39 Å². The lowest BCUT2D eigenvalue weighted by Gasteiger charge is -2.24. The zero-order chi connectivity index (χ0) is 20.7. The number of benzene rings is 2. The minimum Gasteiger partial charge on any atom is -0.494 e. The van der Waals surface area contributed by atoms with E-state index in [1.54, 1.807) is 36.4 Å². The number of hydrogen-bond donors (Lipinski definition) is 2. The van der Waals surface area contributed by atoms with Crippen molar-refractivity contribution in [3.05, 3.63) is 65.5 Å². The molecule has 0 aliphatic carbocycles. The van der Waals surface area contributed by atoms with Crippen LogP contribution in [0.15, 0.2) is 48.5 Å². The summed E-state index contributed by atoms with van der Waals surface area (Å²) in [5.74, 6) is -0.361. The predicted octanol–water partition coefficient (Wildman–Crippen LogP) is 3.86. The zero-order valence-corrected chi connectivity index (χ0v) is 16.7. The van der Waals surface area contributed by atoms with Crippen LogP contribution in [0, 0.1) is 11.7 Å². The van der Waals surface area contributed by atoms with Crippen LogP contribution in [-0.4, -0.2) is 24.5 Å². The number of nitrogens with one attached hydrogen (secondary N) is 2. The molecule has 2 atom stereocenters. The van der Waals surface area contributed by atoms with Crippen LogP contribution in [0.2, 0.25) is 0 Å². The monoisotopic (exact) mass is 386 g/mol. The van der Waals surface area contributed by atoms with E-state index in [0.29, 0.717) is 17.9 Å². The Morgan fingerprint density at radius 3 is 2.11 bits per heavy atom. The molecule has 0 spiro atoms. The van der Waals surface area contributed by atoms with Gasteiger partial charge in [0.1, 0.15) is 17.6 Å². The minimum absolute atomic E-state index is 0.105. The van der Waals surface area contributed by atoms with Crippen molar-refractivity contribution in [1.82, 2.24) is 10.6 Å². The summed E-state index contributed by atoms with van der Waals surface area (Å²) >= 11 is 0. The van der Waals surface area contributed by atoms with Gasteiger partial charge in [0, 0.05) is 5.56 Å². The van der Waals surface area contributed by atoms with Crippen LogP contribution in [0.5, 0.6) is 5.75 Å². The van der Waals surface area contributed by atoms with Crippen molar-refractivity contribution < 1.29 is 18.7 Å². The Balaban J connectivity index is 2.03. The van der Waals surface area contributed by atoms with Crippen LogP contribution in [0.3, 0.4) is 0 Å². The highest BCUT2D eigenvalue weighted by Crippen LogP contribution is 2.15. The Labute approximate surface area is 165 Å². The number of hydrogen-bond acceptors (Lipinski definition) is 3. The fourth-order valence-electron chi connectivity index (χ4n) is 2.77. The topological polar surface area (TPSA) is 67.4 Å². The fourth-order valence-corrected chi connectivity index (χ4v) is 2.77. The summed E-state index contributed by atoms with van der Waals surface area (Å²) in [6, 6.07) is 11.7. The first-order chi connectivity index (χ1) is 13.3.